The topological polar surface area (TPSA) is 0 Å². The van der Waals surface area contributed by atoms with Gasteiger partial charge in [-0.1, -0.05) is 65.7 Å². The molecule has 0 amide bonds. The predicted octanol–water partition coefficient (Wildman–Crippen LogP) is 5.28. The van der Waals surface area contributed by atoms with Crippen molar-refractivity contribution in [2.45, 2.75) is 19.3 Å². The van der Waals surface area contributed by atoms with Crippen LogP contribution in [0.4, 0.5) is 0 Å². The molecule has 0 fully saturated rings. The molecule has 0 N–H and O–H groups in total. The van der Waals surface area contributed by atoms with E-state index in [-0.39, 0.29) is 0 Å². The molecule has 0 saturated heterocycles. The van der Waals surface area contributed by atoms with Gasteiger partial charge in [-0.2, -0.15) is 0 Å². The molecule has 2 aromatic carbocycles. The highest BCUT2D eigenvalue weighted by atomic mass is 35.5. The Balaban J connectivity index is 2.15. The molecule has 0 aliphatic heterocycles. The van der Waals surface area contributed by atoms with Crippen LogP contribution in [0.2, 0.25) is 5.02 Å². The Morgan fingerprint density at radius 2 is 1.61 bits per heavy atom. The molecule has 0 spiro atoms. The normalized spacial score (nSPS) is 18.1. The van der Waals surface area contributed by atoms with Crippen molar-refractivity contribution in [3.05, 3.63) is 75.8 Å². The summed E-state index contributed by atoms with van der Waals surface area (Å²) in [7, 11) is 0. The fraction of sp³-hybridized carbons (Fsp3) is 0.176. The molecule has 90 valence electrons. The summed E-state index contributed by atoms with van der Waals surface area (Å²) in [6, 6.07) is 16.8. The van der Waals surface area contributed by atoms with Crippen LogP contribution in [-0.4, -0.2) is 0 Å². The van der Waals surface area contributed by atoms with Crippen LogP contribution in [0.3, 0.4) is 0 Å². The molecule has 0 aromatic heterocycles. The van der Waals surface area contributed by atoms with E-state index in [4.69, 9.17) is 11.6 Å². The third kappa shape index (κ3) is 1.97. The molecular weight excluding hydrogens is 240 g/mol. The quantitative estimate of drug-likeness (QED) is 0.650. The van der Waals surface area contributed by atoms with Crippen molar-refractivity contribution < 1.29 is 0 Å². The molecule has 1 unspecified atom stereocenters. The first-order valence-electron chi connectivity index (χ1n) is 6.26. The first-order chi connectivity index (χ1) is 8.75. The first-order valence-corrected chi connectivity index (χ1v) is 6.64. The molecule has 0 bridgehead atoms. The summed E-state index contributed by atoms with van der Waals surface area (Å²) < 4.78 is 0. The second kappa shape index (κ2) is 4.62. The average molecular weight is 255 g/mol. The molecule has 0 saturated carbocycles. The van der Waals surface area contributed by atoms with E-state index in [1.165, 1.54) is 22.3 Å². The minimum absolute atomic E-state index is 0.389. The Labute approximate surface area is 113 Å². The maximum Gasteiger partial charge on any atom is 0.0444 e. The minimum Gasteiger partial charge on any atom is -0.0840 e. The number of halogens is 1. The summed E-state index contributed by atoms with van der Waals surface area (Å²) in [5, 5.41) is 0.868. The number of benzene rings is 2. The van der Waals surface area contributed by atoms with E-state index in [2.05, 4.69) is 49.4 Å². The summed E-state index contributed by atoms with van der Waals surface area (Å²) in [6.07, 6.45) is 3.34. The largest absolute Gasteiger partial charge is 0.0840 e. The molecule has 18 heavy (non-hydrogen) atoms. The highest BCUT2D eigenvalue weighted by Gasteiger charge is 2.22. The van der Waals surface area contributed by atoms with Crippen molar-refractivity contribution in [2.75, 3.05) is 0 Å². The highest BCUT2D eigenvalue weighted by Crippen LogP contribution is 2.40. The molecule has 3 rings (SSSR count). The van der Waals surface area contributed by atoms with Crippen LogP contribution < -0.4 is 0 Å². The molecular formula is C17H15Cl. The van der Waals surface area contributed by atoms with E-state index < -0.39 is 0 Å². The minimum atomic E-state index is 0.389. The first kappa shape index (κ1) is 11.6. The maximum absolute atomic E-state index is 6.35. The van der Waals surface area contributed by atoms with E-state index in [1.807, 2.05) is 12.1 Å². The van der Waals surface area contributed by atoms with Crippen molar-refractivity contribution in [2.24, 2.45) is 0 Å². The van der Waals surface area contributed by atoms with Gasteiger partial charge >= 0.3 is 0 Å². The van der Waals surface area contributed by atoms with Gasteiger partial charge in [-0.25, -0.2) is 0 Å². The monoisotopic (exact) mass is 254 g/mol. The molecule has 0 radical (unpaired) electrons. The van der Waals surface area contributed by atoms with E-state index in [0.29, 0.717) is 5.92 Å². The molecule has 1 atom stereocenters. The van der Waals surface area contributed by atoms with Crippen LogP contribution >= 0.6 is 11.6 Å². The Hall–Kier alpha value is -1.53. The van der Waals surface area contributed by atoms with Crippen molar-refractivity contribution >= 4 is 17.7 Å². The van der Waals surface area contributed by atoms with Gasteiger partial charge in [0.15, 0.2) is 0 Å². The smallest absolute Gasteiger partial charge is 0.0444 e. The zero-order chi connectivity index (χ0) is 12.5. The van der Waals surface area contributed by atoms with E-state index in [0.717, 1.165) is 11.4 Å². The number of hydrogen-bond donors (Lipinski definition) is 0. The van der Waals surface area contributed by atoms with Crippen molar-refractivity contribution in [3.8, 4) is 0 Å². The summed E-state index contributed by atoms with van der Waals surface area (Å²) in [5.41, 5.74) is 5.36. The second-order valence-corrected chi connectivity index (χ2v) is 5.31. The van der Waals surface area contributed by atoms with E-state index in [1.54, 1.807) is 0 Å². The summed E-state index contributed by atoms with van der Waals surface area (Å²) in [6.45, 7) is 2.19. The van der Waals surface area contributed by atoms with Gasteiger partial charge in [0.1, 0.15) is 0 Å². The molecule has 1 aliphatic rings. The number of hydrogen-bond acceptors (Lipinski definition) is 0. The zero-order valence-corrected chi connectivity index (χ0v) is 11.1. The lowest BCUT2D eigenvalue weighted by Crippen LogP contribution is -2.08. The van der Waals surface area contributed by atoms with Crippen LogP contribution in [-0.2, 0) is 0 Å². The van der Waals surface area contributed by atoms with E-state index >= 15 is 0 Å². The van der Waals surface area contributed by atoms with Gasteiger partial charge in [0.05, 0.1) is 0 Å². The lowest BCUT2D eigenvalue weighted by Gasteiger charge is -2.25. The van der Waals surface area contributed by atoms with Crippen molar-refractivity contribution in [1.29, 1.82) is 0 Å². The van der Waals surface area contributed by atoms with Crippen molar-refractivity contribution in [3.63, 3.8) is 0 Å². The number of allylic oxidation sites excluding steroid dienone is 1. The molecule has 0 nitrogen and oxygen atoms in total. The lowest BCUT2D eigenvalue weighted by molar-refractivity contribution is 0.786. The van der Waals surface area contributed by atoms with Gasteiger partial charge in [0.2, 0.25) is 0 Å². The fourth-order valence-corrected chi connectivity index (χ4v) is 3.02. The third-order valence-corrected chi connectivity index (χ3v) is 3.92. The van der Waals surface area contributed by atoms with Crippen LogP contribution in [0.15, 0.2) is 54.1 Å². The van der Waals surface area contributed by atoms with Gasteiger partial charge < -0.3 is 0 Å². The summed E-state index contributed by atoms with van der Waals surface area (Å²) in [5.74, 6) is 0.389. The maximum atomic E-state index is 6.35. The molecule has 1 heteroatoms. The lowest BCUT2D eigenvalue weighted by atomic mass is 9.79. The number of rotatable bonds is 1. The van der Waals surface area contributed by atoms with Gasteiger partial charge in [0, 0.05) is 10.9 Å². The Morgan fingerprint density at radius 1 is 0.944 bits per heavy atom. The van der Waals surface area contributed by atoms with Crippen LogP contribution in [0, 0.1) is 0 Å². The van der Waals surface area contributed by atoms with Gasteiger partial charge in [0.25, 0.3) is 0 Å². The zero-order valence-electron chi connectivity index (χ0n) is 10.4. The van der Waals surface area contributed by atoms with Crippen LogP contribution in [0.25, 0.3) is 6.08 Å². The van der Waals surface area contributed by atoms with Gasteiger partial charge in [-0.05, 0) is 36.1 Å². The summed E-state index contributed by atoms with van der Waals surface area (Å²) in [4.78, 5) is 0. The molecule has 1 aliphatic carbocycles. The number of fused-ring (bicyclic) bond motifs is 1. The molecule has 2 aromatic rings. The van der Waals surface area contributed by atoms with E-state index in [9.17, 15) is 0 Å². The Kier molecular flexibility index (Phi) is 2.97. The second-order valence-electron chi connectivity index (χ2n) is 4.90. The highest BCUT2D eigenvalue weighted by molar-refractivity contribution is 6.31. The van der Waals surface area contributed by atoms with Gasteiger partial charge in [-0.3, -0.25) is 0 Å². The Morgan fingerprint density at radius 3 is 2.39 bits per heavy atom. The predicted molar refractivity (Wildman–Crippen MR) is 78.0 cm³/mol. The fourth-order valence-electron chi connectivity index (χ4n) is 2.75. The van der Waals surface area contributed by atoms with Gasteiger partial charge in [-0.15, -0.1) is 0 Å². The summed E-state index contributed by atoms with van der Waals surface area (Å²) >= 11 is 6.35. The Bertz CT molecular complexity index is 611. The van der Waals surface area contributed by atoms with Crippen LogP contribution in [0.5, 0.6) is 0 Å². The SMILES string of the molecule is CC1=Cc2ccccc2C(c2ccccc2Cl)C1. The van der Waals surface area contributed by atoms with Crippen molar-refractivity contribution in [1.82, 2.24) is 0 Å². The van der Waals surface area contributed by atoms with Crippen LogP contribution in [0.1, 0.15) is 36.0 Å². The molecule has 0 heterocycles. The third-order valence-electron chi connectivity index (χ3n) is 3.58. The standard InChI is InChI=1S/C17H15Cl/c1-12-10-13-6-2-3-7-14(13)16(11-12)15-8-4-5-9-17(15)18/h2-10,16H,11H2,1H3. The average Bonchev–Trinajstić information content (AvgIpc) is 2.38.